The van der Waals surface area contributed by atoms with Crippen LogP contribution in [0.15, 0.2) is 41.8 Å². The smallest absolute Gasteiger partial charge is 0.248 e. The summed E-state index contributed by atoms with van der Waals surface area (Å²) in [5, 5.41) is 5.91. The highest BCUT2D eigenvalue weighted by Gasteiger charge is 2.15. The van der Waals surface area contributed by atoms with Crippen molar-refractivity contribution >= 4 is 55.7 Å². The average molecular weight is 371 g/mol. The van der Waals surface area contributed by atoms with Crippen LogP contribution >= 0.6 is 22.7 Å². The van der Waals surface area contributed by atoms with E-state index in [9.17, 15) is 4.79 Å². The first-order valence-electron chi connectivity index (χ1n) is 8.04. The van der Waals surface area contributed by atoms with Crippen molar-refractivity contribution in [1.82, 2.24) is 4.98 Å². The highest BCUT2D eigenvalue weighted by Crippen LogP contribution is 2.31. The molecule has 25 heavy (non-hydrogen) atoms. The van der Waals surface area contributed by atoms with Crippen molar-refractivity contribution in [3.8, 4) is 0 Å². The Labute approximate surface area is 153 Å². The molecule has 3 heterocycles. The molecule has 0 saturated carbocycles. The minimum absolute atomic E-state index is 0.134. The number of rotatable bonds is 4. The van der Waals surface area contributed by atoms with E-state index in [0.29, 0.717) is 0 Å². The van der Waals surface area contributed by atoms with Crippen LogP contribution in [0.3, 0.4) is 0 Å². The lowest BCUT2D eigenvalue weighted by Gasteiger charge is -2.25. The van der Waals surface area contributed by atoms with Gasteiger partial charge in [-0.05, 0) is 35.7 Å². The van der Waals surface area contributed by atoms with Crippen LogP contribution in [0.1, 0.15) is 4.88 Å². The number of carbonyl (C=O) groups excluding carboxylic acids is 1. The Bertz CT molecular complexity index is 896. The quantitative estimate of drug-likeness (QED) is 0.708. The van der Waals surface area contributed by atoms with Gasteiger partial charge in [-0.1, -0.05) is 17.4 Å². The van der Waals surface area contributed by atoms with Gasteiger partial charge in [0.1, 0.15) is 0 Å². The predicted octanol–water partition coefficient (Wildman–Crippen LogP) is 3.85. The lowest BCUT2D eigenvalue weighted by molar-refractivity contribution is -0.111. The van der Waals surface area contributed by atoms with E-state index in [1.807, 2.05) is 41.8 Å². The summed E-state index contributed by atoms with van der Waals surface area (Å²) in [4.78, 5) is 20.1. The van der Waals surface area contributed by atoms with E-state index in [1.165, 1.54) is 0 Å². The van der Waals surface area contributed by atoms with Gasteiger partial charge >= 0.3 is 0 Å². The number of nitrogens with one attached hydrogen (secondary N) is 1. The lowest BCUT2D eigenvalue weighted by atomic mass is 10.3. The van der Waals surface area contributed by atoms with E-state index in [1.54, 1.807) is 28.7 Å². The fraction of sp³-hybridized carbons (Fsp3) is 0.222. The van der Waals surface area contributed by atoms with Crippen LogP contribution in [0.4, 0.5) is 10.8 Å². The minimum atomic E-state index is -0.134. The van der Waals surface area contributed by atoms with Crippen LogP contribution in [-0.4, -0.2) is 37.2 Å². The maximum absolute atomic E-state index is 12.1. The molecule has 0 aliphatic carbocycles. The Morgan fingerprint density at radius 1 is 1.28 bits per heavy atom. The van der Waals surface area contributed by atoms with Gasteiger partial charge in [-0.15, -0.1) is 11.3 Å². The number of thiazole rings is 1. The third-order valence-corrected chi connectivity index (χ3v) is 5.78. The molecule has 3 aromatic rings. The predicted molar refractivity (Wildman–Crippen MR) is 105 cm³/mol. The summed E-state index contributed by atoms with van der Waals surface area (Å²) in [7, 11) is 0. The summed E-state index contributed by atoms with van der Waals surface area (Å²) < 4.78 is 6.46. The van der Waals surface area contributed by atoms with Crippen LogP contribution in [0.5, 0.6) is 0 Å². The molecule has 1 aliphatic rings. The van der Waals surface area contributed by atoms with E-state index in [0.717, 1.165) is 52.2 Å². The molecule has 0 unspecified atom stereocenters. The molecule has 0 atom stereocenters. The zero-order valence-corrected chi connectivity index (χ0v) is 15.1. The van der Waals surface area contributed by atoms with Crippen molar-refractivity contribution in [3.63, 3.8) is 0 Å². The third-order valence-electron chi connectivity index (χ3n) is 3.87. The molecule has 0 bridgehead atoms. The summed E-state index contributed by atoms with van der Waals surface area (Å²) in [6.45, 7) is 3.23. The van der Waals surface area contributed by atoms with Gasteiger partial charge in [-0.2, -0.15) is 0 Å². The molecule has 1 amide bonds. The standard InChI is InChI=1S/C18H17N3O2S2/c22-17(6-4-14-2-1-11-24-14)19-13-3-5-15-16(12-13)25-18(20-15)21-7-9-23-10-8-21/h1-6,11-12H,7-10H2,(H,19,22). The second-order valence-electron chi connectivity index (χ2n) is 5.62. The van der Waals surface area contributed by atoms with Crippen molar-refractivity contribution in [3.05, 3.63) is 46.7 Å². The average Bonchev–Trinajstić information content (AvgIpc) is 3.30. The molecule has 0 spiro atoms. The molecule has 7 heteroatoms. The van der Waals surface area contributed by atoms with Crippen molar-refractivity contribution < 1.29 is 9.53 Å². The number of hydrogen-bond acceptors (Lipinski definition) is 6. The molecular formula is C18H17N3O2S2. The maximum Gasteiger partial charge on any atom is 0.248 e. The van der Waals surface area contributed by atoms with Crippen molar-refractivity contribution in [2.75, 3.05) is 36.5 Å². The number of amides is 1. The molecule has 2 aromatic heterocycles. The first-order chi connectivity index (χ1) is 12.3. The number of carbonyl (C=O) groups is 1. The number of fused-ring (bicyclic) bond motifs is 1. The maximum atomic E-state index is 12.1. The zero-order valence-electron chi connectivity index (χ0n) is 13.5. The lowest BCUT2D eigenvalue weighted by Crippen LogP contribution is -2.36. The molecule has 0 radical (unpaired) electrons. The third kappa shape index (κ3) is 3.89. The number of benzene rings is 1. The number of anilines is 2. The summed E-state index contributed by atoms with van der Waals surface area (Å²) in [5.41, 5.74) is 1.74. The largest absolute Gasteiger partial charge is 0.378 e. The second-order valence-corrected chi connectivity index (χ2v) is 7.60. The normalized spacial score (nSPS) is 15.1. The van der Waals surface area contributed by atoms with Crippen molar-refractivity contribution in [1.29, 1.82) is 0 Å². The number of hydrogen-bond donors (Lipinski definition) is 1. The Balaban J connectivity index is 1.47. The van der Waals surface area contributed by atoms with Crippen molar-refractivity contribution in [2.24, 2.45) is 0 Å². The molecule has 4 rings (SSSR count). The minimum Gasteiger partial charge on any atom is -0.378 e. The van der Waals surface area contributed by atoms with E-state index in [-0.39, 0.29) is 5.91 Å². The van der Waals surface area contributed by atoms with Gasteiger partial charge in [-0.25, -0.2) is 4.98 Å². The number of nitrogens with zero attached hydrogens (tertiary/aromatic N) is 2. The van der Waals surface area contributed by atoms with Gasteiger partial charge in [-0.3, -0.25) is 4.79 Å². The van der Waals surface area contributed by atoms with Gasteiger partial charge in [0.2, 0.25) is 5.91 Å². The Morgan fingerprint density at radius 2 is 2.16 bits per heavy atom. The van der Waals surface area contributed by atoms with Gasteiger partial charge in [0.15, 0.2) is 5.13 Å². The Morgan fingerprint density at radius 3 is 2.96 bits per heavy atom. The molecule has 1 aliphatic heterocycles. The molecule has 1 N–H and O–H groups in total. The SMILES string of the molecule is O=C(C=Cc1cccs1)Nc1ccc2nc(N3CCOCC3)sc2c1. The number of morpholine rings is 1. The fourth-order valence-corrected chi connectivity index (χ4v) is 4.28. The monoisotopic (exact) mass is 371 g/mol. The first kappa shape index (κ1) is 16.3. The topological polar surface area (TPSA) is 54.5 Å². The molecule has 1 fully saturated rings. The van der Waals surface area contributed by atoms with E-state index < -0.39 is 0 Å². The second kappa shape index (κ2) is 7.35. The van der Waals surface area contributed by atoms with Crippen LogP contribution in [0, 0.1) is 0 Å². The zero-order chi connectivity index (χ0) is 17.1. The van der Waals surface area contributed by atoms with Crippen LogP contribution in [0.2, 0.25) is 0 Å². The van der Waals surface area contributed by atoms with Crippen LogP contribution in [-0.2, 0) is 9.53 Å². The van der Waals surface area contributed by atoms with E-state index in [4.69, 9.17) is 9.72 Å². The molecule has 5 nitrogen and oxygen atoms in total. The van der Waals surface area contributed by atoms with Gasteiger partial charge in [0.05, 0.1) is 23.4 Å². The number of thiophene rings is 1. The van der Waals surface area contributed by atoms with Crippen molar-refractivity contribution in [2.45, 2.75) is 0 Å². The van der Waals surface area contributed by atoms with Gasteiger partial charge < -0.3 is 15.0 Å². The van der Waals surface area contributed by atoms with Crippen LogP contribution < -0.4 is 10.2 Å². The Kier molecular flexibility index (Phi) is 4.78. The molecule has 128 valence electrons. The van der Waals surface area contributed by atoms with Gasteiger partial charge in [0.25, 0.3) is 0 Å². The Hall–Kier alpha value is -2.22. The highest BCUT2D eigenvalue weighted by molar-refractivity contribution is 7.22. The molecule has 1 saturated heterocycles. The van der Waals surface area contributed by atoms with E-state index in [2.05, 4.69) is 10.2 Å². The number of aromatic nitrogens is 1. The summed E-state index contributed by atoms with van der Waals surface area (Å²) in [6.07, 6.45) is 3.38. The van der Waals surface area contributed by atoms with E-state index >= 15 is 0 Å². The summed E-state index contributed by atoms with van der Waals surface area (Å²) in [5.74, 6) is -0.134. The fourth-order valence-electron chi connectivity index (χ4n) is 2.61. The number of ether oxygens (including phenoxy) is 1. The van der Waals surface area contributed by atoms with Gasteiger partial charge in [0, 0.05) is 29.7 Å². The molecular weight excluding hydrogens is 354 g/mol. The highest BCUT2D eigenvalue weighted by atomic mass is 32.1. The summed E-state index contributed by atoms with van der Waals surface area (Å²) in [6, 6.07) is 9.77. The molecule has 1 aromatic carbocycles. The van der Waals surface area contributed by atoms with Crippen LogP contribution in [0.25, 0.3) is 16.3 Å². The summed E-state index contributed by atoms with van der Waals surface area (Å²) >= 11 is 3.25. The first-order valence-corrected chi connectivity index (χ1v) is 9.73.